The third-order valence-electron chi connectivity index (χ3n) is 10.9. The maximum absolute atomic E-state index is 2.49. The van der Waals surface area contributed by atoms with Gasteiger partial charge in [-0.3, -0.25) is 0 Å². The van der Waals surface area contributed by atoms with Gasteiger partial charge < -0.3 is 4.90 Å². The van der Waals surface area contributed by atoms with Crippen LogP contribution >= 0.6 is 11.8 Å². The fourth-order valence-corrected chi connectivity index (χ4v) is 13.6. The van der Waals surface area contributed by atoms with Crippen molar-refractivity contribution >= 4 is 47.3 Å². The molecule has 0 fully saturated rings. The van der Waals surface area contributed by atoms with Crippen LogP contribution in [0.1, 0.15) is 25.0 Å². The first-order valence-corrected chi connectivity index (χ1v) is 21.3. The molecule has 0 N–H and O–H groups in total. The number of hydrogen-bond donors (Lipinski definition) is 0. The molecule has 0 saturated carbocycles. The standard InChI is InChI=1S/C47H39NSSi/c1-47(2)41-15-9-8-14-39(41)40-28-27-38(31-42(40)47)48(36-23-18-33(19-24-36)32-12-6-5-7-13-32)37-25-20-34(21-26-37)35-22-29-44-46(30-35)50(3,4)45-17-11-10-16-43(45)49-44/h5-31H,1-4H3. The Morgan fingerprint density at radius 2 is 0.980 bits per heavy atom. The Kier molecular flexibility index (Phi) is 7.27. The highest BCUT2D eigenvalue weighted by molar-refractivity contribution is 8.00. The first-order chi connectivity index (χ1) is 24.3. The van der Waals surface area contributed by atoms with Gasteiger partial charge in [0.1, 0.15) is 8.07 Å². The van der Waals surface area contributed by atoms with Gasteiger partial charge in [-0.1, -0.05) is 154 Å². The van der Waals surface area contributed by atoms with Gasteiger partial charge in [0.2, 0.25) is 0 Å². The summed E-state index contributed by atoms with van der Waals surface area (Å²) in [4.78, 5) is 5.24. The molecule has 3 heteroatoms. The molecule has 0 spiro atoms. The predicted molar refractivity (Wildman–Crippen MR) is 217 cm³/mol. The molecule has 0 bridgehead atoms. The minimum absolute atomic E-state index is 0.0725. The minimum atomic E-state index is -1.82. The smallest absolute Gasteiger partial charge is 0.115 e. The van der Waals surface area contributed by atoms with Crippen LogP contribution in [0.4, 0.5) is 17.1 Å². The van der Waals surface area contributed by atoms with Crippen LogP contribution in [-0.2, 0) is 5.41 Å². The monoisotopic (exact) mass is 677 g/mol. The van der Waals surface area contributed by atoms with Gasteiger partial charge in [-0.2, -0.15) is 0 Å². The number of rotatable bonds is 5. The van der Waals surface area contributed by atoms with E-state index in [1.54, 1.807) is 5.19 Å². The fraction of sp³-hybridized carbons (Fsp3) is 0.106. The summed E-state index contributed by atoms with van der Waals surface area (Å²) in [5.74, 6) is 0. The molecule has 9 rings (SSSR count). The Morgan fingerprint density at radius 1 is 0.440 bits per heavy atom. The highest BCUT2D eigenvalue weighted by Gasteiger charge is 2.36. The van der Waals surface area contributed by atoms with Gasteiger partial charge in [0, 0.05) is 32.3 Å². The van der Waals surface area contributed by atoms with E-state index >= 15 is 0 Å². The molecule has 1 aliphatic carbocycles. The van der Waals surface area contributed by atoms with Crippen LogP contribution in [0.5, 0.6) is 0 Å². The molecule has 0 unspecified atom stereocenters. The lowest BCUT2D eigenvalue weighted by atomic mass is 9.82. The van der Waals surface area contributed by atoms with E-state index < -0.39 is 8.07 Å². The Morgan fingerprint density at radius 3 is 1.72 bits per heavy atom. The highest BCUT2D eigenvalue weighted by Crippen LogP contribution is 2.50. The Labute approximate surface area is 301 Å². The molecule has 0 amide bonds. The Bertz CT molecular complexity index is 2390. The summed E-state index contributed by atoms with van der Waals surface area (Å²) in [7, 11) is -1.82. The molecule has 0 radical (unpaired) electrons. The number of fused-ring (bicyclic) bond motifs is 5. The molecule has 7 aromatic rings. The molecular formula is C47H39NSSi. The van der Waals surface area contributed by atoms with Crippen molar-refractivity contribution in [2.75, 3.05) is 4.90 Å². The normalized spacial score (nSPS) is 14.6. The molecular weight excluding hydrogens is 639 g/mol. The predicted octanol–water partition coefficient (Wildman–Crippen LogP) is 12.1. The van der Waals surface area contributed by atoms with Crippen molar-refractivity contribution in [3.8, 4) is 33.4 Å². The number of benzene rings is 7. The number of hydrogen-bond acceptors (Lipinski definition) is 2. The zero-order valence-corrected chi connectivity index (χ0v) is 30.8. The van der Waals surface area contributed by atoms with Gasteiger partial charge >= 0.3 is 0 Å². The van der Waals surface area contributed by atoms with E-state index in [-0.39, 0.29) is 5.41 Å². The van der Waals surface area contributed by atoms with Crippen LogP contribution in [-0.4, -0.2) is 8.07 Å². The molecule has 0 atom stereocenters. The highest BCUT2D eigenvalue weighted by atomic mass is 32.2. The van der Waals surface area contributed by atoms with Crippen molar-refractivity contribution in [3.63, 3.8) is 0 Å². The van der Waals surface area contributed by atoms with E-state index in [9.17, 15) is 0 Å². The van der Waals surface area contributed by atoms with Gasteiger partial charge in [-0.05, 0) is 103 Å². The van der Waals surface area contributed by atoms with Crippen LogP contribution in [0.15, 0.2) is 174 Å². The molecule has 2 aliphatic rings. The summed E-state index contributed by atoms with van der Waals surface area (Å²) in [5, 5.41) is 3.07. The largest absolute Gasteiger partial charge is 0.310 e. The van der Waals surface area contributed by atoms with Crippen LogP contribution in [0.2, 0.25) is 13.1 Å². The second kappa shape index (κ2) is 11.8. The van der Waals surface area contributed by atoms with E-state index in [0.717, 1.165) is 11.4 Å². The van der Waals surface area contributed by atoms with Gasteiger partial charge in [-0.25, -0.2) is 0 Å². The summed E-state index contributed by atoms with van der Waals surface area (Å²) in [6, 6.07) is 60.8. The zero-order valence-electron chi connectivity index (χ0n) is 28.9. The maximum atomic E-state index is 2.49. The number of nitrogens with zero attached hydrogens (tertiary/aromatic N) is 1. The lowest BCUT2D eigenvalue weighted by molar-refractivity contribution is 0.660. The van der Waals surface area contributed by atoms with Gasteiger partial charge in [-0.15, -0.1) is 0 Å². The summed E-state index contributed by atoms with van der Waals surface area (Å²) in [5.41, 5.74) is 13.8. The second-order valence-electron chi connectivity index (χ2n) is 14.6. The zero-order chi connectivity index (χ0) is 34.0. The third-order valence-corrected chi connectivity index (χ3v) is 16.0. The molecule has 0 aromatic heterocycles. The lowest BCUT2D eigenvalue weighted by Crippen LogP contribution is -2.56. The SMILES string of the molecule is CC1(C)c2ccccc2-c2ccc(N(c3ccc(-c4ccccc4)cc3)c3ccc(-c4ccc5c(c4)[Si](C)(C)c4ccccc4S5)cc3)cc21. The van der Waals surface area contributed by atoms with E-state index in [1.807, 2.05) is 11.8 Å². The fourth-order valence-electron chi connectivity index (χ4n) is 8.14. The van der Waals surface area contributed by atoms with Crippen molar-refractivity contribution in [1.82, 2.24) is 0 Å². The average Bonchev–Trinajstić information content (AvgIpc) is 3.38. The van der Waals surface area contributed by atoms with E-state index in [1.165, 1.54) is 65.2 Å². The molecule has 50 heavy (non-hydrogen) atoms. The van der Waals surface area contributed by atoms with Crippen molar-refractivity contribution < 1.29 is 0 Å². The van der Waals surface area contributed by atoms with Crippen molar-refractivity contribution in [2.45, 2.75) is 42.1 Å². The topological polar surface area (TPSA) is 3.24 Å². The van der Waals surface area contributed by atoms with Gasteiger partial charge in [0.05, 0.1) is 0 Å². The lowest BCUT2D eigenvalue weighted by Gasteiger charge is -2.33. The van der Waals surface area contributed by atoms with Gasteiger partial charge in [0.25, 0.3) is 0 Å². The first kappa shape index (κ1) is 30.9. The maximum Gasteiger partial charge on any atom is 0.115 e. The molecule has 0 saturated heterocycles. The molecule has 1 heterocycles. The van der Waals surface area contributed by atoms with Crippen LogP contribution < -0.4 is 15.3 Å². The van der Waals surface area contributed by atoms with Crippen molar-refractivity contribution in [1.29, 1.82) is 0 Å². The van der Waals surface area contributed by atoms with Crippen LogP contribution in [0.25, 0.3) is 33.4 Å². The van der Waals surface area contributed by atoms with Crippen molar-refractivity contribution in [2.24, 2.45) is 0 Å². The molecule has 1 nitrogen and oxygen atoms in total. The summed E-state index contributed by atoms with van der Waals surface area (Å²) in [6.45, 7) is 9.70. The second-order valence-corrected chi connectivity index (χ2v) is 20.0. The number of anilines is 3. The summed E-state index contributed by atoms with van der Waals surface area (Å²) < 4.78 is 0. The molecule has 1 aliphatic heterocycles. The van der Waals surface area contributed by atoms with E-state index in [2.05, 4.69) is 196 Å². The Hall–Kier alpha value is -5.09. The van der Waals surface area contributed by atoms with Gasteiger partial charge in [0.15, 0.2) is 0 Å². The van der Waals surface area contributed by atoms with E-state index in [0.29, 0.717) is 0 Å². The van der Waals surface area contributed by atoms with Crippen molar-refractivity contribution in [3.05, 3.63) is 175 Å². The molecule has 242 valence electrons. The summed E-state index contributed by atoms with van der Waals surface area (Å²) in [6.07, 6.45) is 0. The van der Waals surface area contributed by atoms with Crippen LogP contribution in [0, 0.1) is 0 Å². The third kappa shape index (κ3) is 4.99. The quantitative estimate of drug-likeness (QED) is 0.167. The molecule has 7 aromatic carbocycles. The minimum Gasteiger partial charge on any atom is -0.310 e. The first-order valence-electron chi connectivity index (χ1n) is 17.5. The van der Waals surface area contributed by atoms with E-state index in [4.69, 9.17) is 0 Å². The summed E-state index contributed by atoms with van der Waals surface area (Å²) >= 11 is 1.92. The van der Waals surface area contributed by atoms with Crippen LogP contribution in [0.3, 0.4) is 0 Å². The Balaban J connectivity index is 1.12. The average molecular weight is 678 g/mol.